The Morgan fingerprint density at radius 1 is 1.15 bits per heavy atom. The van der Waals surface area contributed by atoms with E-state index in [1.54, 1.807) is 0 Å². The molecule has 1 aromatic carbocycles. The van der Waals surface area contributed by atoms with Gasteiger partial charge in [-0.2, -0.15) is 0 Å². The molecule has 1 aliphatic rings. The van der Waals surface area contributed by atoms with Gasteiger partial charge in [0.05, 0.1) is 13.2 Å². The highest BCUT2D eigenvalue weighted by molar-refractivity contribution is 5.68. The Bertz CT molecular complexity index is 371. The molecule has 0 saturated carbocycles. The maximum absolute atomic E-state index is 12.8. The first-order valence-electron chi connectivity index (χ1n) is 3.92. The first kappa shape index (κ1) is 8.38. The number of rotatable bonds is 0. The average Bonchev–Trinajstić information content (AvgIpc) is 2.09. The van der Waals surface area contributed by atoms with Crippen LogP contribution >= 0.6 is 0 Å². The highest BCUT2D eigenvalue weighted by atomic mass is 19.2. The molecule has 0 aromatic heterocycles. The molecule has 0 N–H and O–H groups in total. The van der Waals surface area contributed by atoms with Gasteiger partial charge in [-0.05, 0) is 28.8 Å². The lowest BCUT2D eigenvalue weighted by Crippen LogP contribution is -2.09. The van der Waals surface area contributed by atoms with Gasteiger partial charge in [0.2, 0.25) is 0 Å². The van der Waals surface area contributed by atoms with E-state index >= 15 is 0 Å². The van der Waals surface area contributed by atoms with Crippen LogP contribution in [0.4, 0.5) is 8.78 Å². The Morgan fingerprint density at radius 3 is 2.62 bits per heavy atom. The SMILES string of the molecule is C=C1COCc2cc(F)c(F)cc21. The molecule has 0 aliphatic carbocycles. The third-order valence-corrected chi connectivity index (χ3v) is 2.06. The quantitative estimate of drug-likeness (QED) is 0.599. The van der Waals surface area contributed by atoms with E-state index in [0.717, 1.165) is 6.07 Å². The molecular weight excluding hydrogens is 174 g/mol. The number of benzene rings is 1. The maximum atomic E-state index is 12.8. The van der Waals surface area contributed by atoms with Crippen molar-refractivity contribution in [3.63, 3.8) is 0 Å². The Balaban J connectivity index is 2.58. The number of fused-ring (bicyclic) bond motifs is 1. The fourth-order valence-corrected chi connectivity index (χ4v) is 1.40. The van der Waals surface area contributed by atoms with Gasteiger partial charge in [-0.3, -0.25) is 0 Å². The largest absolute Gasteiger partial charge is 0.372 e. The molecule has 0 fully saturated rings. The summed E-state index contributed by atoms with van der Waals surface area (Å²) in [5, 5.41) is 0. The topological polar surface area (TPSA) is 9.23 Å². The summed E-state index contributed by atoms with van der Waals surface area (Å²) in [4.78, 5) is 0. The molecule has 1 heterocycles. The molecule has 0 amide bonds. The summed E-state index contributed by atoms with van der Waals surface area (Å²) in [5.74, 6) is -1.67. The first-order valence-corrected chi connectivity index (χ1v) is 3.92. The van der Waals surface area contributed by atoms with E-state index in [0.29, 0.717) is 29.9 Å². The van der Waals surface area contributed by atoms with Crippen molar-refractivity contribution in [2.24, 2.45) is 0 Å². The first-order chi connectivity index (χ1) is 6.18. The molecule has 3 heteroatoms. The summed E-state index contributed by atoms with van der Waals surface area (Å²) in [7, 11) is 0. The second kappa shape index (κ2) is 2.92. The van der Waals surface area contributed by atoms with Crippen molar-refractivity contribution >= 4 is 5.57 Å². The van der Waals surface area contributed by atoms with Crippen LogP contribution in [0, 0.1) is 11.6 Å². The minimum Gasteiger partial charge on any atom is -0.372 e. The predicted octanol–water partition coefficient (Wildman–Crippen LogP) is 2.51. The zero-order valence-electron chi connectivity index (χ0n) is 6.94. The third-order valence-electron chi connectivity index (χ3n) is 2.06. The predicted molar refractivity (Wildman–Crippen MR) is 45.0 cm³/mol. The molecule has 68 valence electrons. The van der Waals surface area contributed by atoms with Crippen molar-refractivity contribution in [3.8, 4) is 0 Å². The van der Waals surface area contributed by atoms with Gasteiger partial charge in [-0.25, -0.2) is 8.78 Å². The minimum absolute atomic E-state index is 0.325. The van der Waals surface area contributed by atoms with Crippen molar-refractivity contribution in [2.45, 2.75) is 6.61 Å². The Labute approximate surface area is 74.6 Å². The fourth-order valence-electron chi connectivity index (χ4n) is 1.40. The smallest absolute Gasteiger partial charge is 0.159 e. The lowest BCUT2D eigenvalue weighted by Gasteiger charge is -2.18. The molecule has 0 spiro atoms. The van der Waals surface area contributed by atoms with Gasteiger partial charge in [-0.15, -0.1) is 0 Å². The van der Waals surface area contributed by atoms with Crippen LogP contribution in [-0.2, 0) is 11.3 Å². The molecule has 0 atom stereocenters. The second-order valence-corrected chi connectivity index (χ2v) is 3.02. The average molecular weight is 182 g/mol. The Hall–Kier alpha value is -1.22. The van der Waals surface area contributed by atoms with Crippen molar-refractivity contribution < 1.29 is 13.5 Å². The summed E-state index contributed by atoms with van der Waals surface area (Å²) in [6.07, 6.45) is 0. The van der Waals surface area contributed by atoms with Crippen LogP contribution < -0.4 is 0 Å². The maximum Gasteiger partial charge on any atom is 0.159 e. The van der Waals surface area contributed by atoms with E-state index in [1.807, 2.05) is 0 Å². The molecule has 1 nitrogen and oxygen atoms in total. The molecule has 0 bridgehead atoms. The van der Waals surface area contributed by atoms with Crippen LogP contribution in [0.15, 0.2) is 18.7 Å². The van der Waals surface area contributed by atoms with Gasteiger partial charge in [0, 0.05) is 0 Å². The highest BCUT2D eigenvalue weighted by Gasteiger charge is 2.16. The van der Waals surface area contributed by atoms with Gasteiger partial charge >= 0.3 is 0 Å². The minimum atomic E-state index is -0.836. The van der Waals surface area contributed by atoms with Crippen molar-refractivity contribution in [2.75, 3.05) is 6.61 Å². The standard InChI is InChI=1S/C10H8F2O/c1-6-4-13-5-7-2-9(11)10(12)3-8(6)7/h2-3H,1,4-5H2. The van der Waals surface area contributed by atoms with Gasteiger partial charge < -0.3 is 4.74 Å². The lowest BCUT2D eigenvalue weighted by atomic mass is 9.99. The van der Waals surface area contributed by atoms with E-state index in [4.69, 9.17) is 4.74 Å². The van der Waals surface area contributed by atoms with E-state index in [2.05, 4.69) is 6.58 Å². The molecule has 0 saturated heterocycles. The number of ether oxygens (including phenoxy) is 1. The summed E-state index contributed by atoms with van der Waals surface area (Å²) in [6.45, 7) is 4.42. The lowest BCUT2D eigenvalue weighted by molar-refractivity contribution is 0.146. The van der Waals surface area contributed by atoms with E-state index in [1.165, 1.54) is 6.07 Å². The zero-order chi connectivity index (χ0) is 9.42. The normalized spacial score (nSPS) is 15.7. The van der Waals surface area contributed by atoms with Crippen molar-refractivity contribution in [1.82, 2.24) is 0 Å². The molecule has 1 aliphatic heterocycles. The number of hydrogen-bond donors (Lipinski definition) is 0. The van der Waals surface area contributed by atoms with Crippen LogP contribution in [0.25, 0.3) is 5.57 Å². The van der Waals surface area contributed by atoms with Gasteiger partial charge in [-0.1, -0.05) is 6.58 Å². The van der Waals surface area contributed by atoms with Gasteiger partial charge in [0.25, 0.3) is 0 Å². The summed E-state index contributed by atoms with van der Waals surface area (Å²) in [5.41, 5.74) is 2.03. The highest BCUT2D eigenvalue weighted by Crippen LogP contribution is 2.26. The molecule has 13 heavy (non-hydrogen) atoms. The third kappa shape index (κ3) is 1.35. The van der Waals surface area contributed by atoms with Crippen LogP contribution in [0.2, 0.25) is 0 Å². The van der Waals surface area contributed by atoms with Crippen molar-refractivity contribution in [1.29, 1.82) is 0 Å². The fraction of sp³-hybridized carbons (Fsp3) is 0.200. The van der Waals surface area contributed by atoms with Crippen LogP contribution in [0.5, 0.6) is 0 Å². The summed E-state index contributed by atoms with van der Waals surface area (Å²) in [6, 6.07) is 2.34. The van der Waals surface area contributed by atoms with Crippen LogP contribution in [0.3, 0.4) is 0 Å². The van der Waals surface area contributed by atoms with Gasteiger partial charge in [0.15, 0.2) is 11.6 Å². The monoisotopic (exact) mass is 182 g/mol. The number of halogens is 2. The molecule has 2 rings (SSSR count). The molecule has 0 radical (unpaired) electrons. The van der Waals surface area contributed by atoms with Crippen molar-refractivity contribution in [3.05, 3.63) is 41.5 Å². The molecule has 1 aromatic rings. The van der Waals surface area contributed by atoms with Crippen LogP contribution in [-0.4, -0.2) is 6.61 Å². The summed E-state index contributed by atoms with van der Waals surface area (Å²) >= 11 is 0. The number of hydrogen-bond acceptors (Lipinski definition) is 1. The van der Waals surface area contributed by atoms with Gasteiger partial charge in [0.1, 0.15) is 0 Å². The van der Waals surface area contributed by atoms with E-state index in [-0.39, 0.29) is 0 Å². The summed E-state index contributed by atoms with van der Waals surface area (Å²) < 4.78 is 30.7. The Morgan fingerprint density at radius 2 is 1.85 bits per heavy atom. The Kier molecular flexibility index (Phi) is 1.88. The molecule has 0 unspecified atom stereocenters. The second-order valence-electron chi connectivity index (χ2n) is 3.02. The van der Waals surface area contributed by atoms with E-state index in [9.17, 15) is 8.78 Å². The molecular formula is C10H8F2O. The zero-order valence-corrected chi connectivity index (χ0v) is 6.94. The van der Waals surface area contributed by atoms with E-state index < -0.39 is 11.6 Å². The van der Waals surface area contributed by atoms with Crippen LogP contribution in [0.1, 0.15) is 11.1 Å².